The third-order valence-corrected chi connectivity index (χ3v) is 5.05. The third-order valence-electron chi connectivity index (χ3n) is 3.24. The number of sulfonamides is 1. The maximum Gasteiger partial charge on any atom is 0.235 e. The Balaban J connectivity index is 0.00000324. The second-order valence-electron chi connectivity index (χ2n) is 4.65. The van der Waals surface area contributed by atoms with Crippen LogP contribution in [0.4, 0.5) is 0 Å². The van der Waals surface area contributed by atoms with Crippen molar-refractivity contribution in [3.05, 3.63) is 0 Å². The largest absolute Gasteiger partial charge is 0.355 e. The van der Waals surface area contributed by atoms with Gasteiger partial charge in [0.05, 0.1) is 12.3 Å². The Hall–Kier alpha value is -0.370. The molecule has 0 aliphatic carbocycles. The minimum Gasteiger partial charge on any atom is -0.355 e. The molecule has 2 N–H and O–H groups in total. The van der Waals surface area contributed by atoms with Crippen molar-refractivity contribution in [2.45, 2.75) is 19.8 Å². The molecule has 0 spiro atoms. The topological polar surface area (TPSA) is 78.5 Å². The zero-order chi connectivity index (χ0) is 13.6. The van der Waals surface area contributed by atoms with Gasteiger partial charge in [0.2, 0.25) is 15.9 Å². The van der Waals surface area contributed by atoms with E-state index in [0.29, 0.717) is 12.5 Å². The number of halogens is 1. The van der Waals surface area contributed by atoms with Gasteiger partial charge >= 0.3 is 0 Å². The highest BCUT2D eigenvalue weighted by atomic mass is 35.5. The van der Waals surface area contributed by atoms with Crippen molar-refractivity contribution in [2.24, 2.45) is 5.92 Å². The third kappa shape index (κ3) is 6.56. The molecule has 1 aliphatic rings. The van der Waals surface area contributed by atoms with Crippen molar-refractivity contribution >= 4 is 28.3 Å². The van der Waals surface area contributed by atoms with Crippen LogP contribution in [-0.2, 0) is 14.8 Å². The maximum atomic E-state index is 11.6. The molecular weight excluding hydrogens is 290 g/mol. The van der Waals surface area contributed by atoms with E-state index in [2.05, 4.69) is 10.6 Å². The molecule has 8 heteroatoms. The first kappa shape index (κ1) is 18.6. The molecule has 1 atom stereocenters. The molecule has 0 bridgehead atoms. The van der Waals surface area contributed by atoms with Gasteiger partial charge in [0.1, 0.15) is 0 Å². The summed E-state index contributed by atoms with van der Waals surface area (Å²) in [6.45, 7) is 4.15. The second kappa shape index (κ2) is 8.73. The molecule has 1 fully saturated rings. The van der Waals surface area contributed by atoms with Crippen molar-refractivity contribution < 1.29 is 13.2 Å². The highest BCUT2D eigenvalue weighted by molar-refractivity contribution is 7.89. The van der Waals surface area contributed by atoms with E-state index in [-0.39, 0.29) is 30.6 Å². The number of carbonyl (C=O) groups excluding carboxylic acids is 1. The predicted molar refractivity (Wildman–Crippen MR) is 77.9 cm³/mol. The Bertz CT molecular complexity index is 369. The van der Waals surface area contributed by atoms with Crippen molar-refractivity contribution in [3.63, 3.8) is 0 Å². The number of amides is 1. The zero-order valence-corrected chi connectivity index (χ0v) is 13.1. The van der Waals surface area contributed by atoms with Crippen LogP contribution in [0.15, 0.2) is 0 Å². The van der Waals surface area contributed by atoms with Gasteiger partial charge in [-0.2, -0.15) is 4.31 Å². The van der Waals surface area contributed by atoms with Gasteiger partial charge in [0.25, 0.3) is 0 Å². The molecule has 114 valence electrons. The van der Waals surface area contributed by atoms with E-state index >= 15 is 0 Å². The van der Waals surface area contributed by atoms with E-state index in [1.165, 1.54) is 7.05 Å². The van der Waals surface area contributed by atoms with Crippen LogP contribution in [0.5, 0.6) is 0 Å². The summed E-state index contributed by atoms with van der Waals surface area (Å²) in [5, 5.41) is 6.03. The van der Waals surface area contributed by atoms with Gasteiger partial charge in [-0.15, -0.1) is 12.4 Å². The lowest BCUT2D eigenvalue weighted by atomic mass is 10.1. The van der Waals surface area contributed by atoms with Crippen LogP contribution < -0.4 is 10.6 Å². The highest BCUT2D eigenvalue weighted by Gasteiger charge is 2.18. The smallest absolute Gasteiger partial charge is 0.235 e. The van der Waals surface area contributed by atoms with Crippen LogP contribution in [-0.4, -0.2) is 57.6 Å². The Morgan fingerprint density at radius 2 is 2.16 bits per heavy atom. The van der Waals surface area contributed by atoms with Crippen LogP contribution in [0, 0.1) is 5.92 Å². The Morgan fingerprint density at radius 3 is 2.68 bits per heavy atom. The minimum absolute atomic E-state index is 0. The number of hydrogen-bond donors (Lipinski definition) is 2. The average molecular weight is 314 g/mol. The first-order valence-electron chi connectivity index (χ1n) is 6.37. The summed E-state index contributed by atoms with van der Waals surface area (Å²) in [7, 11) is -1.84. The summed E-state index contributed by atoms with van der Waals surface area (Å²) in [6, 6.07) is 0. The van der Waals surface area contributed by atoms with E-state index in [1.807, 2.05) is 0 Å². The molecule has 0 saturated carbocycles. The van der Waals surface area contributed by atoms with Gasteiger partial charge < -0.3 is 10.6 Å². The summed E-state index contributed by atoms with van der Waals surface area (Å²) in [6.07, 6.45) is 2.10. The lowest BCUT2D eigenvalue weighted by Gasteiger charge is -2.16. The predicted octanol–water partition coefficient (Wildman–Crippen LogP) is -0.194. The SMILES string of the molecule is CCS(=O)(=O)N(C)CC(=O)NCCC1CCNC1.Cl. The fourth-order valence-corrected chi connectivity index (χ4v) is 2.71. The highest BCUT2D eigenvalue weighted by Crippen LogP contribution is 2.10. The number of nitrogens with zero attached hydrogens (tertiary/aromatic N) is 1. The number of likely N-dealkylation sites (N-methyl/N-ethyl adjacent to an activating group) is 1. The monoisotopic (exact) mass is 313 g/mol. The molecular formula is C11H24ClN3O3S. The molecule has 1 rings (SSSR count). The summed E-state index contributed by atoms with van der Waals surface area (Å²) in [5.74, 6) is 0.410. The number of nitrogens with one attached hydrogen (secondary N) is 2. The van der Waals surface area contributed by atoms with E-state index in [4.69, 9.17) is 0 Å². The first-order valence-corrected chi connectivity index (χ1v) is 7.98. The van der Waals surface area contributed by atoms with Crippen LogP contribution in [0.1, 0.15) is 19.8 Å². The summed E-state index contributed by atoms with van der Waals surface area (Å²) >= 11 is 0. The lowest BCUT2D eigenvalue weighted by molar-refractivity contribution is -0.121. The number of carbonyl (C=O) groups is 1. The fourth-order valence-electron chi connectivity index (χ4n) is 1.95. The van der Waals surface area contributed by atoms with Gasteiger partial charge in [-0.3, -0.25) is 4.79 Å². The Labute approximate surface area is 121 Å². The Kier molecular flexibility index (Phi) is 8.56. The summed E-state index contributed by atoms with van der Waals surface area (Å²) in [4.78, 5) is 11.6. The zero-order valence-electron chi connectivity index (χ0n) is 11.5. The minimum atomic E-state index is -3.27. The van der Waals surface area contributed by atoms with Gasteiger partial charge in [-0.05, 0) is 38.8 Å². The molecule has 19 heavy (non-hydrogen) atoms. The molecule has 1 heterocycles. The lowest BCUT2D eigenvalue weighted by Crippen LogP contribution is -2.39. The summed E-state index contributed by atoms with van der Waals surface area (Å²) in [5.41, 5.74) is 0. The van der Waals surface area contributed by atoms with Gasteiger partial charge in [-0.25, -0.2) is 8.42 Å². The fraction of sp³-hybridized carbons (Fsp3) is 0.909. The maximum absolute atomic E-state index is 11.6. The van der Waals surface area contributed by atoms with Gasteiger partial charge in [0.15, 0.2) is 0 Å². The quantitative estimate of drug-likeness (QED) is 0.682. The van der Waals surface area contributed by atoms with Crippen molar-refractivity contribution in [1.82, 2.24) is 14.9 Å². The standard InChI is InChI=1S/C11H23N3O3S.ClH/c1-3-18(16,17)14(2)9-11(15)13-7-5-10-4-6-12-8-10;/h10,12H,3-9H2,1-2H3,(H,13,15);1H. The van der Waals surface area contributed by atoms with Crippen LogP contribution in [0.2, 0.25) is 0 Å². The molecule has 6 nitrogen and oxygen atoms in total. The Morgan fingerprint density at radius 1 is 1.47 bits per heavy atom. The number of rotatable bonds is 7. The van der Waals surface area contributed by atoms with Gasteiger partial charge in [-0.1, -0.05) is 0 Å². The van der Waals surface area contributed by atoms with Crippen LogP contribution in [0.3, 0.4) is 0 Å². The first-order chi connectivity index (χ1) is 8.45. The molecule has 0 aromatic rings. The van der Waals surface area contributed by atoms with E-state index in [0.717, 1.165) is 30.2 Å². The van der Waals surface area contributed by atoms with Crippen molar-refractivity contribution in [2.75, 3.05) is 39.0 Å². The normalized spacial score (nSPS) is 19.2. The molecule has 0 radical (unpaired) electrons. The molecule has 0 aromatic heterocycles. The average Bonchev–Trinajstić information content (AvgIpc) is 2.82. The van der Waals surface area contributed by atoms with Crippen molar-refractivity contribution in [1.29, 1.82) is 0 Å². The molecule has 1 aliphatic heterocycles. The van der Waals surface area contributed by atoms with E-state index in [1.54, 1.807) is 6.92 Å². The second-order valence-corrected chi connectivity index (χ2v) is 7.02. The van der Waals surface area contributed by atoms with Crippen molar-refractivity contribution in [3.8, 4) is 0 Å². The van der Waals surface area contributed by atoms with E-state index < -0.39 is 10.0 Å². The van der Waals surface area contributed by atoms with Crippen LogP contribution >= 0.6 is 12.4 Å². The number of hydrogen-bond acceptors (Lipinski definition) is 4. The molecule has 0 aromatic carbocycles. The van der Waals surface area contributed by atoms with E-state index in [9.17, 15) is 13.2 Å². The molecule has 1 saturated heterocycles. The molecule has 1 unspecified atom stereocenters. The van der Waals surface area contributed by atoms with Crippen LogP contribution in [0.25, 0.3) is 0 Å². The molecule has 1 amide bonds. The van der Waals surface area contributed by atoms with Gasteiger partial charge in [0, 0.05) is 13.6 Å². The summed E-state index contributed by atoms with van der Waals surface area (Å²) < 4.78 is 24.0.